The van der Waals surface area contributed by atoms with Crippen LogP contribution in [0.4, 0.5) is 5.95 Å². The van der Waals surface area contributed by atoms with Crippen molar-refractivity contribution in [2.75, 3.05) is 12.8 Å². The first kappa shape index (κ1) is 11.3. The Morgan fingerprint density at radius 3 is 2.82 bits per heavy atom. The first-order chi connectivity index (χ1) is 8.04. The van der Waals surface area contributed by atoms with Gasteiger partial charge in [-0.25, -0.2) is 9.78 Å². The average molecular weight is 235 g/mol. The van der Waals surface area contributed by atoms with Gasteiger partial charge in [0, 0.05) is 6.20 Å². The molecule has 2 N–H and O–H groups in total. The molecule has 2 aromatic heterocycles. The molecule has 0 unspecified atom stereocenters. The number of aromatic nitrogens is 4. The summed E-state index contributed by atoms with van der Waals surface area (Å²) in [5.41, 5.74) is 6.58. The second kappa shape index (κ2) is 4.00. The number of hydrogen-bond donors (Lipinski definition) is 1. The van der Waals surface area contributed by atoms with Crippen LogP contribution in [0.1, 0.15) is 35.8 Å². The summed E-state index contributed by atoms with van der Waals surface area (Å²) in [5.74, 6) is 0.119. The molecular weight excluding hydrogens is 222 g/mol. The van der Waals surface area contributed by atoms with Crippen molar-refractivity contribution in [2.24, 2.45) is 0 Å². The minimum Gasteiger partial charge on any atom is -0.465 e. The number of hydrogen-bond acceptors (Lipinski definition) is 6. The first-order valence-electron chi connectivity index (χ1n) is 5.14. The second-order valence-corrected chi connectivity index (χ2v) is 3.89. The van der Waals surface area contributed by atoms with Crippen molar-refractivity contribution in [3.8, 4) is 0 Å². The van der Waals surface area contributed by atoms with Crippen molar-refractivity contribution < 1.29 is 9.53 Å². The maximum absolute atomic E-state index is 11.6. The minimum atomic E-state index is -0.447. The number of nitrogens with zero attached hydrogens (tertiary/aromatic N) is 4. The molecule has 0 amide bonds. The molecule has 0 bridgehead atoms. The molecule has 0 aromatic carbocycles. The van der Waals surface area contributed by atoms with Crippen LogP contribution < -0.4 is 5.73 Å². The highest BCUT2D eigenvalue weighted by Crippen LogP contribution is 2.20. The van der Waals surface area contributed by atoms with Crippen LogP contribution in [0.2, 0.25) is 0 Å². The number of rotatable bonds is 2. The number of esters is 1. The third-order valence-electron chi connectivity index (χ3n) is 2.37. The molecule has 90 valence electrons. The van der Waals surface area contributed by atoms with E-state index in [2.05, 4.69) is 15.1 Å². The highest BCUT2D eigenvalue weighted by molar-refractivity contribution is 5.90. The summed E-state index contributed by atoms with van der Waals surface area (Å²) in [5, 5.41) is 4.02. The third-order valence-corrected chi connectivity index (χ3v) is 2.37. The molecule has 0 aliphatic heterocycles. The molecule has 0 radical (unpaired) electrons. The van der Waals surface area contributed by atoms with Gasteiger partial charge in [0.15, 0.2) is 0 Å². The van der Waals surface area contributed by atoms with Crippen LogP contribution in [-0.2, 0) is 4.74 Å². The van der Waals surface area contributed by atoms with E-state index in [9.17, 15) is 4.79 Å². The van der Waals surface area contributed by atoms with Gasteiger partial charge in [-0.3, -0.25) is 0 Å². The standard InChI is InChI=1S/C10H13N5O2/c1-5(2)7-6(8(16)17-3)4-12-10-13-9(11)14-15(7)10/h4-5H,1-3H3,(H2,11,14). The highest BCUT2D eigenvalue weighted by Gasteiger charge is 2.20. The van der Waals surface area contributed by atoms with Gasteiger partial charge in [0.25, 0.3) is 5.78 Å². The summed E-state index contributed by atoms with van der Waals surface area (Å²) >= 11 is 0. The van der Waals surface area contributed by atoms with Crippen LogP contribution in [0.3, 0.4) is 0 Å². The molecule has 7 heteroatoms. The van der Waals surface area contributed by atoms with Crippen molar-refractivity contribution in [3.05, 3.63) is 17.5 Å². The molecule has 0 fully saturated rings. The van der Waals surface area contributed by atoms with Gasteiger partial charge in [0.2, 0.25) is 5.95 Å². The van der Waals surface area contributed by atoms with Crippen molar-refractivity contribution in [3.63, 3.8) is 0 Å². The number of nitrogen functional groups attached to an aromatic ring is 1. The Morgan fingerprint density at radius 2 is 2.24 bits per heavy atom. The highest BCUT2D eigenvalue weighted by atomic mass is 16.5. The molecule has 7 nitrogen and oxygen atoms in total. The van der Waals surface area contributed by atoms with Gasteiger partial charge in [-0.15, -0.1) is 5.10 Å². The van der Waals surface area contributed by atoms with E-state index >= 15 is 0 Å². The molecule has 0 saturated heterocycles. The lowest BCUT2D eigenvalue weighted by Crippen LogP contribution is -2.13. The average Bonchev–Trinajstić information content (AvgIpc) is 2.66. The van der Waals surface area contributed by atoms with Gasteiger partial charge >= 0.3 is 5.97 Å². The van der Waals surface area contributed by atoms with Gasteiger partial charge in [0.1, 0.15) is 0 Å². The van der Waals surface area contributed by atoms with Crippen LogP contribution in [0.15, 0.2) is 6.20 Å². The summed E-state index contributed by atoms with van der Waals surface area (Å²) in [7, 11) is 1.33. The maximum Gasteiger partial charge on any atom is 0.341 e. The first-order valence-corrected chi connectivity index (χ1v) is 5.14. The summed E-state index contributed by atoms with van der Waals surface area (Å²) in [6.07, 6.45) is 1.44. The summed E-state index contributed by atoms with van der Waals surface area (Å²) in [6, 6.07) is 0. The Morgan fingerprint density at radius 1 is 1.53 bits per heavy atom. The Balaban J connectivity index is 2.76. The largest absolute Gasteiger partial charge is 0.465 e. The van der Waals surface area contributed by atoms with Crippen LogP contribution in [0, 0.1) is 0 Å². The Bertz CT molecular complexity index is 575. The van der Waals surface area contributed by atoms with E-state index < -0.39 is 5.97 Å². The van der Waals surface area contributed by atoms with E-state index in [4.69, 9.17) is 10.5 Å². The van der Waals surface area contributed by atoms with E-state index in [1.165, 1.54) is 17.8 Å². The van der Waals surface area contributed by atoms with Crippen molar-refractivity contribution in [1.82, 2.24) is 19.6 Å². The van der Waals surface area contributed by atoms with Gasteiger partial charge in [-0.05, 0) is 5.92 Å². The van der Waals surface area contributed by atoms with E-state index in [1.807, 2.05) is 13.8 Å². The Hall–Kier alpha value is -2.18. The van der Waals surface area contributed by atoms with E-state index in [0.29, 0.717) is 17.0 Å². The van der Waals surface area contributed by atoms with Crippen LogP contribution in [0.5, 0.6) is 0 Å². The topological polar surface area (TPSA) is 95.4 Å². The third kappa shape index (κ3) is 1.79. The van der Waals surface area contributed by atoms with Crippen LogP contribution in [-0.4, -0.2) is 32.7 Å². The predicted octanol–water partition coefficient (Wildman–Crippen LogP) is 0.616. The van der Waals surface area contributed by atoms with Gasteiger partial charge in [0.05, 0.1) is 18.4 Å². The number of anilines is 1. The quantitative estimate of drug-likeness (QED) is 0.766. The smallest absolute Gasteiger partial charge is 0.341 e. The number of fused-ring (bicyclic) bond motifs is 1. The lowest BCUT2D eigenvalue weighted by molar-refractivity contribution is 0.0597. The lowest BCUT2D eigenvalue weighted by Gasteiger charge is -2.11. The second-order valence-electron chi connectivity index (χ2n) is 3.89. The molecule has 2 aromatic rings. The molecule has 0 aliphatic rings. The molecule has 2 rings (SSSR count). The molecule has 0 atom stereocenters. The van der Waals surface area contributed by atoms with Crippen molar-refractivity contribution in [1.29, 1.82) is 0 Å². The lowest BCUT2D eigenvalue weighted by atomic mass is 10.1. The van der Waals surface area contributed by atoms with E-state index in [0.717, 1.165) is 0 Å². The number of nitrogens with two attached hydrogens (primary N) is 1. The van der Waals surface area contributed by atoms with Gasteiger partial charge < -0.3 is 10.5 Å². The maximum atomic E-state index is 11.6. The summed E-state index contributed by atoms with van der Waals surface area (Å²) in [6.45, 7) is 3.89. The van der Waals surface area contributed by atoms with Gasteiger partial charge in [-0.2, -0.15) is 9.50 Å². The number of carbonyl (C=O) groups is 1. The molecule has 17 heavy (non-hydrogen) atoms. The fourth-order valence-electron chi connectivity index (χ4n) is 1.69. The van der Waals surface area contributed by atoms with Crippen LogP contribution >= 0.6 is 0 Å². The number of carbonyl (C=O) groups excluding carboxylic acids is 1. The van der Waals surface area contributed by atoms with Crippen LogP contribution in [0.25, 0.3) is 5.78 Å². The zero-order valence-electron chi connectivity index (χ0n) is 9.84. The zero-order chi connectivity index (χ0) is 12.6. The molecular formula is C10H13N5O2. The summed E-state index contributed by atoms with van der Waals surface area (Å²) in [4.78, 5) is 19.6. The fourth-order valence-corrected chi connectivity index (χ4v) is 1.69. The normalized spacial score (nSPS) is 11.1. The minimum absolute atomic E-state index is 0.0655. The molecule has 0 saturated carbocycles. The predicted molar refractivity (Wildman–Crippen MR) is 60.6 cm³/mol. The van der Waals surface area contributed by atoms with Crippen molar-refractivity contribution >= 4 is 17.7 Å². The molecule has 0 aliphatic carbocycles. The zero-order valence-corrected chi connectivity index (χ0v) is 9.84. The molecule has 0 spiro atoms. The number of methoxy groups -OCH3 is 1. The SMILES string of the molecule is COC(=O)c1cnc2nc(N)nn2c1C(C)C. The number of ether oxygens (including phenoxy) is 1. The van der Waals surface area contributed by atoms with E-state index in [1.54, 1.807) is 0 Å². The Kier molecular flexibility index (Phi) is 2.66. The van der Waals surface area contributed by atoms with Gasteiger partial charge in [-0.1, -0.05) is 13.8 Å². The monoisotopic (exact) mass is 235 g/mol. The summed E-state index contributed by atoms with van der Waals surface area (Å²) < 4.78 is 6.19. The van der Waals surface area contributed by atoms with Crippen molar-refractivity contribution in [2.45, 2.75) is 19.8 Å². The fraction of sp³-hybridized carbons (Fsp3) is 0.400. The molecule has 2 heterocycles. The van der Waals surface area contributed by atoms with E-state index in [-0.39, 0.29) is 11.9 Å². The Labute approximate surface area is 97.6 Å².